The van der Waals surface area contributed by atoms with Crippen LogP contribution in [0.5, 0.6) is 0 Å². The molecule has 9 heteroatoms. The molecule has 0 bridgehead atoms. The molecule has 0 atom stereocenters. The quantitative estimate of drug-likeness (QED) is 0.491. The van der Waals surface area contributed by atoms with E-state index in [0.29, 0.717) is 30.5 Å². The van der Waals surface area contributed by atoms with Crippen LogP contribution >= 0.6 is 11.3 Å². The smallest absolute Gasteiger partial charge is 0.410 e. The van der Waals surface area contributed by atoms with Gasteiger partial charge >= 0.3 is 12.1 Å². The van der Waals surface area contributed by atoms with Gasteiger partial charge in [0.15, 0.2) is 0 Å². The molecular weight excluding hydrogens is 490 g/mol. The van der Waals surface area contributed by atoms with Gasteiger partial charge in [-0.25, -0.2) is 9.78 Å². The van der Waals surface area contributed by atoms with Crippen molar-refractivity contribution in [3.63, 3.8) is 0 Å². The minimum Gasteiger partial charge on any atom is -0.469 e. The summed E-state index contributed by atoms with van der Waals surface area (Å²) in [6, 6.07) is 9.81. The fourth-order valence-electron chi connectivity index (χ4n) is 5.20. The van der Waals surface area contributed by atoms with Crippen LogP contribution in [0.15, 0.2) is 30.3 Å². The van der Waals surface area contributed by atoms with Gasteiger partial charge in [0.25, 0.3) is 5.91 Å². The van der Waals surface area contributed by atoms with Gasteiger partial charge in [-0.05, 0) is 69.8 Å². The lowest BCUT2D eigenvalue weighted by Crippen LogP contribution is -2.38. The molecule has 2 heterocycles. The molecule has 1 aromatic carbocycles. The molecule has 2 fully saturated rings. The third-order valence-corrected chi connectivity index (χ3v) is 8.70. The second kappa shape index (κ2) is 13.0. The molecule has 0 spiro atoms. The van der Waals surface area contributed by atoms with E-state index in [1.54, 1.807) is 4.90 Å². The summed E-state index contributed by atoms with van der Waals surface area (Å²) < 4.78 is 10.3. The molecule has 1 aliphatic carbocycles. The SMILES string of the molecule is COC(=O)C1CCC(NC(=O)c2sc(CCC3CCN(C(=O)OCc4ccccc4)CC3)nc2C)CC1. The van der Waals surface area contributed by atoms with Gasteiger partial charge in [0, 0.05) is 19.1 Å². The summed E-state index contributed by atoms with van der Waals surface area (Å²) in [6.07, 6.45) is 6.56. The van der Waals surface area contributed by atoms with Crippen molar-refractivity contribution in [2.45, 2.75) is 70.9 Å². The highest BCUT2D eigenvalue weighted by Gasteiger charge is 2.29. The molecule has 200 valence electrons. The molecule has 0 radical (unpaired) electrons. The first-order valence-electron chi connectivity index (χ1n) is 13.2. The molecule has 8 nitrogen and oxygen atoms in total. The van der Waals surface area contributed by atoms with Crippen molar-refractivity contribution in [2.75, 3.05) is 20.2 Å². The number of likely N-dealkylation sites (tertiary alicyclic amines) is 1. The van der Waals surface area contributed by atoms with E-state index in [0.717, 1.165) is 67.6 Å². The fraction of sp³-hybridized carbons (Fsp3) is 0.571. The number of carbonyl (C=O) groups excluding carboxylic acids is 3. The molecule has 0 unspecified atom stereocenters. The monoisotopic (exact) mass is 527 g/mol. The Morgan fingerprint density at radius 3 is 2.43 bits per heavy atom. The number of nitrogens with one attached hydrogen (secondary N) is 1. The van der Waals surface area contributed by atoms with Crippen LogP contribution in [-0.2, 0) is 27.3 Å². The maximum Gasteiger partial charge on any atom is 0.410 e. The number of benzene rings is 1. The molecule has 4 rings (SSSR count). The lowest BCUT2D eigenvalue weighted by molar-refractivity contribution is -0.146. The predicted octanol–water partition coefficient (Wildman–Crippen LogP) is 4.89. The minimum absolute atomic E-state index is 0.0540. The number of piperidine rings is 1. The van der Waals surface area contributed by atoms with Crippen molar-refractivity contribution in [3.8, 4) is 0 Å². The average Bonchev–Trinajstić information content (AvgIpc) is 3.32. The third kappa shape index (κ3) is 7.53. The first-order valence-corrected chi connectivity index (χ1v) is 14.0. The van der Waals surface area contributed by atoms with Crippen molar-refractivity contribution < 1.29 is 23.9 Å². The van der Waals surface area contributed by atoms with E-state index in [2.05, 4.69) is 10.3 Å². The number of nitrogens with zero attached hydrogens (tertiary/aromatic N) is 2. The van der Waals surface area contributed by atoms with Crippen molar-refractivity contribution in [2.24, 2.45) is 11.8 Å². The van der Waals surface area contributed by atoms with Crippen molar-refractivity contribution in [1.82, 2.24) is 15.2 Å². The Hall–Kier alpha value is -2.94. The van der Waals surface area contributed by atoms with Gasteiger partial charge in [-0.1, -0.05) is 30.3 Å². The summed E-state index contributed by atoms with van der Waals surface area (Å²) in [4.78, 5) is 44.2. The number of aromatic nitrogens is 1. The molecule has 2 aromatic rings. The van der Waals surface area contributed by atoms with E-state index < -0.39 is 0 Å². The second-order valence-electron chi connectivity index (χ2n) is 10.1. The number of carbonyl (C=O) groups is 3. The Balaban J connectivity index is 1.17. The number of rotatable bonds is 8. The van der Waals surface area contributed by atoms with Gasteiger partial charge in [-0.15, -0.1) is 11.3 Å². The number of amides is 2. The van der Waals surface area contributed by atoms with Crippen molar-refractivity contribution in [3.05, 3.63) is 51.5 Å². The average molecular weight is 528 g/mol. The zero-order valence-corrected chi connectivity index (χ0v) is 22.6. The number of hydrogen-bond acceptors (Lipinski definition) is 7. The van der Waals surface area contributed by atoms with E-state index in [4.69, 9.17) is 9.47 Å². The van der Waals surface area contributed by atoms with Gasteiger partial charge in [0.05, 0.1) is 23.7 Å². The molecule has 1 saturated carbocycles. The van der Waals surface area contributed by atoms with Crippen LogP contribution in [0.1, 0.15) is 70.9 Å². The summed E-state index contributed by atoms with van der Waals surface area (Å²) in [7, 11) is 1.42. The van der Waals surface area contributed by atoms with E-state index >= 15 is 0 Å². The number of esters is 1. The summed E-state index contributed by atoms with van der Waals surface area (Å²) in [5.74, 6) is 0.262. The normalized spacial score (nSPS) is 20.3. The number of methoxy groups -OCH3 is 1. The van der Waals surface area contributed by atoms with Crippen molar-refractivity contribution in [1.29, 1.82) is 0 Å². The van der Waals surface area contributed by atoms with Crippen LogP contribution in [0, 0.1) is 18.8 Å². The Morgan fingerprint density at radius 1 is 1.05 bits per heavy atom. The molecule has 1 N–H and O–H groups in total. The van der Waals surface area contributed by atoms with Crippen LogP contribution in [0.2, 0.25) is 0 Å². The maximum atomic E-state index is 12.9. The lowest BCUT2D eigenvalue weighted by atomic mass is 9.86. The Bertz CT molecular complexity index is 1060. The molecule has 1 aliphatic heterocycles. The number of thiazole rings is 1. The lowest BCUT2D eigenvalue weighted by Gasteiger charge is -2.31. The minimum atomic E-state index is -0.243. The fourth-order valence-corrected chi connectivity index (χ4v) is 6.19. The molecule has 1 aromatic heterocycles. The van der Waals surface area contributed by atoms with Gasteiger partial charge in [0.2, 0.25) is 0 Å². The number of hydrogen-bond donors (Lipinski definition) is 1. The largest absolute Gasteiger partial charge is 0.469 e. The maximum absolute atomic E-state index is 12.9. The van der Waals surface area contributed by atoms with Gasteiger partial charge < -0.3 is 19.7 Å². The van der Waals surface area contributed by atoms with Crippen LogP contribution < -0.4 is 5.32 Å². The molecule has 2 aliphatic rings. The summed E-state index contributed by atoms with van der Waals surface area (Å²) in [6.45, 7) is 3.61. The molecule has 2 amide bonds. The predicted molar refractivity (Wildman–Crippen MR) is 141 cm³/mol. The number of ether oxygens (including phenoxy) is 2. The first-order chi connectivity index (χ1) is 17.9. The van der Waals surface area contributed by atoms with Crippen molar-refractivity contribution >= 4 is 29.3 Å². The second-order valence-corrected chi connectivity index (χ2v) is 11.2. The highest BCUT2D eigenvalue weighted by molar-refractivity contribution is 7.13. The van der Waals surface area contributed by atoms with Crippen LogP contribution in [0.4, 0.5) is 4.79 Å². The summed E-state index contributed by atoms with van der Waals surface area (Å²) in [5, 5.41) is 4.13. The number of aryl methyl sites for hydroxylation is 2. The topological polar surface area (TPSA) is 97.8 Å². The Morgan fingerprint density at radius 2 is 1.76 bits per heavy atom. The summed E-state index contributed by atoms with van der Waals surface area (Å²) in [5.41, 5.74) is 1.76. The van der Waals surface area contributed by atoms with Crippen LogP contribution in [-0.4, -0.2) is 54.1 Å². The van der Waals surface area contributed by atoms with E-state index in [-0.39, 0.29) is 29.9 Å². The van der Waals surface area contributed by atoms with Gasteiger partial charge in [-0.3, -0.25) is 9.59 Å². The first kappa shape index (κ1) is 27.1. The third-order valence-electron chi connectivity index (χ3n) is 7.49. The van der Waals surface area contributed by atoms with Crippen LogP contribution in [0.3, 0.4) is 0 Å². The van der Waals surface area contributed by atoms with Gasteiger partial charge in [-0.2, -0.15) is 0 Å². The Kier molecular flexibility index (Phi) is 9.55. The highest BCUT2D eigenvalue weighted by Crippen LogP contribution is 2.28. The highest BCUT2D eigenvalue weighted by atomic mass is 32.1. The standard InChI is InChI=1S/C28H37N3O5S/c1-19-25(26(32)30-23-11-9-22(10-12-23)27(33)35-2)37-24(29-19)13-8-20-14-16-31(17-15-20)28(34)36-18-21-6-4-3-5-7-21/h3-7,20,22-23H,8-18H2,1-2H3,(H,30,32). The van der Waals surface area contributed by atoms with E-state index in [1.807, 2.05) is 37.3 Å². The zero-order chi connectivity index (χ0) is 26.2. The summed E-state index contributed by atoms with van der Waals surface area (Å²) >= 11 is 1.48. The molecular formula is C28H37N3O5S. The van der Waals surface area contributed by atoms with E-state index in [1.165, 1.54) is 18.4 Å². The zero-order valence-electron chi connectivity index (χ0n) is 21.7. The van der Waals surface area contributed by atoms with Gasteiger partial charge in [0.1, 0.15) is 11.5 Å². The Labute approximate surface area is 222 Å². The van der Waals surface area contributed by atoms with E-state index in [9.17, 15) is 14.4 Å². The molecule has 37 heavy (non-hydrogen) atoms. The molecule has 1 saturated heterocycles. The van der Waals surface area contributed by atoms with Crippen LogP contribution in [0.25, 0.3) is 0 Å².